The van der Waals surface area contributed by atoms with Crippen molar-refractivity contribution in [3.05, 3.63) is 65.0 Å². The first-order valence-electron chi connectivity index (χ1n) is 11.6. The number of halogens is 7. The van der Waals surface area contributed by atoms with Crippen molar-refractivity contribution in [2.75, 3.05) is 6.54 Å². The van der Waals surface area contributed by atoms with E-state index in [9.17, 15) is 40.3 Å². The Morgan fingerprint density at radius 3 is 1.95 bits per heavy atom. The number of benzene rings is 2. The average molecular weight is 549 g/mol. The Morgan fingerprint density at radius 2 is 1.47 bits per heavy atom. The summed E-state index contributed by atoms with van der Waals surface area (Å²) in [5.41, 5.74) is -4.11. The number of alkyl halides is 6. The number of likely N-dealkylation sites (tertiary alicyclic amines) is 1. The Kier molecular flexibility index (Phi) is 8.16. The molecule has 3 atom stereocenters. The van der Waals surface area contributed by atoms with E-state index in [1.807, 2.05) is 0 Å². The van der Waals surface area contributed by atoms with Gasteiger partial charge in [0.25, 0.3) is 0 Å². The number of rotatable bonds is 4. The van der Waals surface area contributed by atoms with Crippen molar-refractivity contribution in [1.29, 1.82) is 0 Å². The van der Waals surface area contributed by atoms with Crippen LogP contribution in [0.1, 0.15) is 56.9 Å². The number of nitrogens with zero attached hydrogens (tertiary/aromatic N) is 1. The summed E-state index contributed by atoms with van der Waals surface area (Å²) >= 11 is 0. The molecular weight excluding hydrogens is 523 g/mol. The van der Waals surface area contributed by atoms with Crippen LogP contribution in [0.25, 0.3) is 0 Å². The second-order valence-corrected chi connectivity index (χ2v) is 10.1. The second kappa shape index (κ2) is 10.5. The maximum Gasteiger partial charge on any atom is 0.421 e. The average Bonchev–Trinajstić information content (AvgIpc) is 2.78. The van der Waals surface area contributed by atoms with E-state index in [1.54, 1.807) is 20.8 Å². The van der Waals surface area contributed by atoms with Gasteiger partial charge in [-0.25, -0.2) is 14.1 Å². The van der Waals surface area contributed by atoms with Gasteiger partial charge in [0.15, 0.2) is 0 Å². The summed E-state index contributed by atoms with van der Waals surface area (Å²) in [5.74, 6) is -2.20. The molecule has 1 saturated heterocycles. The van der Waals surface area contributed by atoms with Gasteiger partial charge in [-0.1, -0.05) is 20.8 Å². The first-order chi connectivity index (χ1) is 17.4. The van der Waals surface area contributed by atoms with Gasteiger partial charge in [-0.15, -0.1) is 0 Å². The molecule has 38 heavy (non-hydrogen) atoms. The van der Waals surface area contributed by atoms with Crippen LogP contribution in [0, 0.1) is 17.2 Å². The Bertz CT molecular complexity index is 1140. The van der Waals surface area contributed by atoms with E-state index in [-0.39, 0.29) is 30.3 Å². The zero-order valence-electron chi connectivity index (χ0n) is 20.9. The number of amides is 2. The molecule has 5 nitrogen and oxygen atoms in total. The van der Waals surface area contributed by atoms with Gasteiger partial charge in [0.2, 0.25) is 5.91 Å². The fraction of sp³-hybridized carbons (Fsp3) is 0.462. The molecule has 1 unspecified atom stereocenters. The molecule has 12 heteroatoms. The van der Waals surface area contributed by atoms with Crippen molar-refractivity contribution >= 4 is 12.0 Å². The van der Waals surface area contributed by atoms with Crippen LogP contribution in [0.3, 0.4) is 0 Å². The fourth-order valence-corrected chi connectivity index (χ4v) is 4.33. The molecule has 1 heterocycles. The molecular formula is C26H26F7NO4. The predicted molar refractivity (Wildman–Crippen MR) is 121 cm³/mol. The van der Waals surface area contributed by atoms with Crippen molar-refractivity contribution in [1.82, 2.24) is 4.90 Å². The minimum atomic E-state index is -5.02. The topological polar surface area (TPSA) is 55.8 Å². The molecule has 2 aromatic rings. The first kappa shape index (κ1) is 29.4. The van der Waals surface area contributed by atoms with E-state index < -0.39 is 64.8 Å². The summed E-state index contributed by atoms with van der Waals surface area (Å²) in [6, 6.07) is 5.76. The number of imide groups is 1. The number of hydrogen-bond acceptors (Lipinski definition) is 4. The molecule has 2 amide bonds. The van der Waals surface area contributed by atoms with Crippen LogP contribution in [-0.2, 0) is 21.9 Å². The minimum Gasteiger partial charge on any atom is -0.410 e. The molecule has 1 aliphatic heterocycles. The van der Waals surface area contributed by atoms with Crippen LogP contribution in [0.4, 0.5) is 35.5 Å². The number of carbonyl (C=O) groups excluding carboxylic acids is 2. The summed E-state index contributed by atoms with van der Waals surface area (Å²) in [7, 11) is 0. The highest BCUT2D eigenvalue weighted by molar-refractivity contribution is 5.95. The zero-order chi connectivity index (χ0) is 28.6. The van der Waals surface area contributed by atoms with Crippen molar-refractivity contribution in [2.24, 2.45) is 11.3 Å². The zero-order valence-corrected chi connectivity index (χ0v) is 20.9. The van der Waals surface area contributed by atoms with Gasteiger partial charge >= 0.3 is 18.4 Å². The summed E-state index contributed by atoms with van der Waals surface area (Å²) in [4.78, 5) is 26.9. The van der Waals surface area contributed by atoms with Gasteiger partial charge in [0.1, 0.15) is 11.6 Å². The van der Waals surface area contributed by atoms with Crippen LogP contribution in [0.5, 0.6) is 5.75 Å². The van der Waals surface area contributed by atoms with E-state index in [4.69, 9.17) is 9.47 Å². The van der Waals surface area contributed by atoms with E-state index in [2.05, 4.69) is 0 Å². The lowest BCUT2D eigenvalue weighted by Crippen LogP contribution is -2.55. The lowest BCUT2D eigenvalue weighted by Gasteiger charge is -2.43. The third-order valence-electron chi connectivity index (χ3n) is 6.17. The molecule has 0 aromatic heterocycles. The third kappa shape index (κ3) is 6.83. The van der Waals surface area contributed by atoms with Gasteiger partial charge in [0, 0.05) is 6.54 Å². The summed E-state index contributed by atoms with van der Waals surface area (Å²) in [6.45, 7) is 6.21. The SMILES string of the molecule is C[C@@H](O[C@H]1CCN(C(=O)Oc2ccc(F)cc2)C(=O)C1C(C)(C)C)c1cc(C(F)(F)F)cc(C(F)(F)F)c1. The molecule has 2 aromatic carbocycles. The number of ether oxygens (including phenoxy) is 2. The highest BCUT2D eigenvalue weighted by atomic mass is 19.4. The molecule has 0 bridgehead atoms. The number of hydrogen-bond donors (Lipinski definition) is 0. The number of piperidine rings is 1. The molecule has 0 aliphatic carbocycles. The molecule has 0 radical (unpaired) electrons. The minimum absolute atomic E-state index is 0.00789. The van der Waals surface area contributed by atoms with E-state index in [0.717, 1.165) is 17.0 Å². The molecule has 0 N–H and O–H groups in total. The van der Waals surface area contributed by atoms with Gasteiger partial charge in [0.05, 0.1) is 29.3 Å². The van der Waals surface area contributed by atoms with Crippen molar-refractivity contribution in [3.63, 3.8) is 0 Å². The predicted octanol–water partition coefficient (Wildman–Crippen LogP) is 7.40. The lowest BCUT2D eigenvalue weighted by atomic mass is 9.73. The first-order valence-corrected chi connectivity index (χ1v) is 11.6. The Hall–Kier alpha value is -3.15. The maximum absolute atomic E-state index is 13.3. The van der Waals surface area contributed by atoms with Gasteiger partial charge < -0.3 is 9.47 Å². The molecule has 1 aliphatic rings. The van der Waals surface area contributed by atoms with Gasteiger partial charge in [-0.3, -0.25) is 4.79 Å². The molecule has 3 rings (SSSR count). The summed E-state index contributed by atoms with van der Waals surface area (Å²) < 4.78 is 104. The van der Waals surface area contributed by atoms with Crippen molar-refractivity contribution in [3.8, 4) is 5.75 Å². The Balaban J connectivity index is 1.85. The van der Waals surface area contributed by atoms with Crippen LogP contribution in [0.15, 0.2) is 42.5 Å². The number of carbonyl (C=O) groups is 2. The molecule has 0 spiro atoms. The Morgan fingerprint density at radius 1 is 0.947 bits per heavy atom. The monoisotopic (exact) mass is 549 g/mol. The third-order valence-corrected chi connectivity index (χ3v) is 6.17. The standard InChI is InChI=1S/C26H26F7NO4/c1-14(15-11-16(25(28,29)30)13-17(12-15)26(31,32)33)37-20-9-10-34(22(35)21(20)24(2,3)4)23(36)38-19-7-5-18(27)6-8-19/h5-8,11-14,20-21H,9-10H2,1-4H3/t14-,20+,21?/m1/s1. The van der Waals surface area contributed by atoms with Crippen LogP contribution < -0.4 is 4.74 Å². The summed E-state index contributed by atoms with van der Waals surface area (Å²) in [6.07, 6.45) is -13.1. The smallest absolute Gasteiger partial charge is 0.410 e. The molecule has 208 valence electrons. The summed E-state index contributed by atoms with van der Waals surface area (Å²) in [5, 5.41) is 0. The van der Waals surface area contributed by atoms with Crippen molar-refractivity contribution in [2.45, 2.75) is 58.7 Å². The quantitative estimate of drug-likeness (QED) is 0.373. The molecule has 0 saturated carbocycles. The highest BCUT2D eigenvalue weighted by Crippen LogP contribution is 2.41. The van der Waals surface area contributed by atoms with E-state index in [1.165, 1.54) is 19.1 Å². The lowest BCUT2D eigenvalue weighted by molar-refractivity contribution is -0.156. The van der Waals surface area contributed by atoms with Crippen molar-refractivity contribution < 1.29 is 49.8 Å². The van der Waals surface area contributed by atoms with Crippen LogP contribution in [-0.4, -0.2) is 29.5 Å². The van der Waals surface area contributed by atoms with E-state index in [0.29, 0.717) is 12.1 Å². The normalized spacial score (nSPS) is 19.9. The fourth-order valence-electron chi connectivity index (χ4n) is 4.33. The second-order valence-electron chi connectivity index (χ2n) is 10.1. The van der Waals surface area contributed by atoms with Gasteiger partial charge in [-0.05, 0) is 66.8 Å². The highest BCUT2D eigenvalue weighted by Gasteiger charge is 2.47. The maximum atomic E-state index is 13.3. The van der Waals surface area contributed by atoms with Gasteiger partial charge in [-0.2, -0.15) is 26.3 Å². The largest absolute Gasteiger partial charge is 0.421 e. The van der Waals surface area contributed by atoms with Crippen LogP contribution in [0.2, 0.25) is 0 Å². The molecule has 1 fully saturated rings. The van der Waals surface area contributed by atoms with E-state index >= 15 is 0 Å². The Labute approximate surface area is 214 Å². The van der Waals surface area contributed by atoms with Crippen LogP contribution >= 0.6 is 0 Å².